The van der Waals surface area contributed by atoms with Crippen LogP contribution in [0.25, 0.3) is 0 Å². The molecule has 17 heavy (non-hydrogen) atoms. The molecule has 1 heterocycles. The SMILES string of the molecule is CSc1ccc(C(=O)CCC2CCCO2)cc1. The molecule has 1 atom stereocenters. The molecule has 1 aliphatic heterocycles. The summed E-state index contributed by atoms with van der Waals surface area (Å²) in [5.74, 6) is 0.230. The molecule has 0 aliphatic carbocycles. The van der Waals surface area contributed by atoms with Crippen molar-refractivity contribution in [2.24, 2.45) is 0 Å². The summed E-state index contributed by atoms with van der Waals surface area (Å²) < 4.78 is 5.52. The van der Waals surface area contributed by atoms with Crippen LogP contribution in [-0.4, -0.2) is 24.7 Å². The fourth-order valence-corrected chi connectivity index (χ4v) is 2.49. The number of Topliss-reactive ketones (excluding diaryl/α,β-unsaturated/α-hetero) is 1. The molecule has 2 nitrogen and oxygen atoms in total. The first-order valence-electron chi connectivity index (χ1n) is 6.08. The normalized spacial score (nSPS) is 19.5. The van der Waals surface area contributed by atoms with Crippen LogP contribution in [0.15, 0.2) is 29.2 Å². The average Bonchev–Trinajstić information content (AvgIpc) is 2.89. The Hall–Kier alpha value is -0.800. The van der Waals surface area contributed by atoms with Crippen LogP contribution >= 0.6 is 11.8 Å². The Morgan fingerprint density at radius 2 is 2.18 bits per heavy atom. The summed E-state index contributed by atoms with van der Waals surface area (Å²) in [5.41, 5.74) is 0.820. The minimum Gasteiger partial charge on any atom is -0.378 e. The van der Waals surface area contributed by atoms with Crippen molar-refractivity contribution < 1.29 is 9.53 Å². The number of carbonyl (C=O) groups excluding carboxylic acids is 1. The summed E-state index contributed by atoms with van der Waals surface area (Å²) >= 11 is 1.69. The van der Waals surface area contributed by atoms with Crippen molar-refractivity contribution in [2.75, 3.05) is 12.9 Å². The van der Waals surface area contributed by atoms with E-state index in [-0.39, 0.29) is 5.78 Å². The first-order valence-corrected chi connectivity index (χ1v) is 7.31. The van der Waals surface area contributed by atoms with Crippen molar-refractivity contribution in [1.82, 2.24) is 0 Å². The molecule has 0 N–H and O–H groups in total. The second-order valence-electron chi connectivity index (χ2n) is 4.33. The van der Waals surface area contributed by atoms with Crippen LogP contribution in [0.3, 0.4) is 0 Å². The summed E-state index contributed by atoms with van der Waals surface area (Å²) in [5, 5.41) is 0. The van der Waals surface area contributed by atoms with Crippen molar-refractivity contribution in [1.29, 1.82) is 0 Å². The van der Waals surface area contributed by atoms with Crippen molar-refractivity contribution in [3.63, 3.8) is 0 Å². The third kappa shape index (κ3) is 3.58. The molecule has 1 aromatic carbocycles. The maximum Gasteiger partial charge on any atom is 0.162 e. The number of ketones is 1. The van der Waals surface area contributed by atoms with Crippen LogP contribution in [0, 0.1) is 0 Å². The van der Waals surface area contributed by atoms with E-state index in [0.29, 0.717) is 12.5 Å². The number of ether oxygens (including phenoxy) is 1. The molecule has 0 spiro atoms. The lowest BCUT2D eigenvalue weighted by Gasteiger charge is -2.08. The zero-order valence-corrected chi connectivity index (χ0v) is 11.0. The lowest BCUT2D eigenvalue weighted by Crippen LogP contribution is -2.08. The van der Waals surface area contributed by atoms with Gasteiger partial charge in [0.05, 0.1) is 6.10 Å². The second-order valence-corrected chi connectivity index (χ2v) is 5.21. The molecule has 1 aliphatic rings. The Balaban J connectivity index is 1.85. The molecule has 0 radical (unpaired) electrons. The predicted molar refractivity (Wildman–Crippen MR) is 70.8 cm³/mol. The van der Waals surface area contributed by atoms with E-state index in [1.165, 1.54) is 4.90 Å². The minimum absolute atomic E-state index is 0.230. The van der Waals surface area contributed by atoms with E-state index in [1.807, 2.05) is 30.5 Å². The van der Waals surface area contributed by atoms with Gasteiger partial charge in [0.15, 0.2) is 5.78 Å². The lowest BCUT2D eigenvalue weighted by atomic mass is 10.0. The molecule has 1 saturated heterocycles. The van der Waals surface area contributed by atoms with Crippen molar-refractivity contribution in [3.05, 3.63) is 29.8 Å². The summed E-state index contributed by atoms with van der Waals surface area (Å²) in [4.78, 5) is 13.1. The molecule has 1 fully saturated rings. The van der Waals surface area contributed by atoms with Gasteiger partial charge in [-0.3, -0.25) is 4.79 Å². The van der Waals surface area contributed by atoms with Crippen LogP contribution in [-0.2, 0) is 4.74 Å². The Morgan fingerprint density at radius 3 is 2.76 bits per heavy atom. The van der Waals surface area contributed by atoms with Gasteiger partial charge < -0.3 is 4.74 Å². The van der Waals surface area contributed by atoms with Crippen molar-refractivity contribution in [3.8, 4) is 0 Å². The fraction of sp³-hybridized carbons (Fsp3) is 0.500. The lowest BCUT2D eigenvalue weighted by molar-refractivity contribution is 0.0859. The van der Waals surface area contributed by atoms with Crippen LogP contribution in [0.4, 0.5) is 0 Å². The maximum atomic E-state index is 11.9. The molecule has 1 unspecified atom stereocenters. The minimum atomic E-state index is 0.230. The number of hydrogen-bond donors (Lipinski definition) is 0. The number of rotatable bonds is 5. The summed E-state index contributed by atoms with van der Waals surface area (Å²) in [6.45, 7) is 0.862. The standard InChI is InChI=1S/C14H18O2S/c1-17-13-7-4-11(5-8-13)14(15)9-6-12-3-2-10-16-12/h4-5,7-8,12H,2-3,6,9-10H2,1H3. The second kappa shape index (κ2) is 6.22. The number of benzene rings is 1. The predicted octanol–water partition coefficient (Wildman–Crippen LogP) is 3.55. The highest BCUT2D eigenvalue weighted by molar-refractivity contribution is 7.98. The first-order chi connectivity index (χ1) is 8.29. The summed E-state index contributed by atoms with van der Waals surface area (Å²) in [7, 11) is 0. The monoisotopic (exact) mass is 250 g/mol. The van der Waals surface area contributed by atoms with Gasteiger partial charge in [-0.2, -0.15) is 0 Å². The number of thioether (sulfide) groups is 1. The van der Waals surface area contributed by atoms with Gasteiger partial charge >= 0.3 is 0 Å². The molecular weight excluding hydrogens is 232 g/mol. The Morgan fingerprint density at radius 1 is 1.41 bits per heavy atom. The Kier molecular flexibility index (Phi) is 4.63. The Labute approximate surface area is 107 Å². The van der Waals surface area contributed by atoms with Gasteiger partial charge in [-0.15, -0.1) is 11.8 Å². The van der Waals surface area contributed by atoms with Gasteiger partial charge in [0, 0.05) is 23.5 Å². The van der Waals surface area contributed by atoms with E-state index < -0.39 is 0 Å². The van der Waals surface area contributed by atoms with E-state index in [0.717, 1.165) is 31.4 Å². The van der Waals surface area contributed by atoms with Crippen molar-refractivity contribution in [2.45, 2.75) is 36.7 Å². The fourth-order valence-electron chi connectivity index (χ4n) is 2.09. The van der Waals surface area contributed by atoms with Gasteiger partial charge in [-0.25, -0.2) is 0 Å². The average molecular weight is 250 g/mol. The van der Waals surface area contributed by atoms with E-state index in [9.17, 15) is 4.79 Å². The molecule has 0 aromatic heterocycles. The summed E-state index contributed by atoms with van der Waals surface area (Å²) in [6.07, 6.45) is 6.06. The number of hydrogen-bond acceptors (Lipinski definition) is 3. The smallest absolute Gasteiger partial charge is 0.162 e. The molecule has 92 valence electrons. The first kappa shape index (κ1) is 12.7. The van der Waals surface area contributed by atoms with E-state index in [1.54, 1.807) is 11.8 Å². The molecule has 3 heteroatoms. The molecule has 1 aromatic rings. The van der Waals surface area contributed by atoms with Crippen LogP contribution in [0.1, 0.15) is 36.0 Å². The Bertz CT molecular complexity index is 366. The zero-order chi connectivity index (χ0) is 12.1. The van der Waals surface area contributed by atoms with E-state index in [4.69, 9.17) is 4.74 Å². The molecule has 0 saturated carbocycles. The van der Waals surface area contributed by atoms with Gasteiger partial charge in [-0.1, -0.05) is 12.1 Å². The van der Waals surface area contributed by atoms with E-state index in [2.05, 4.69) is 0 Å². The van der Waals surface area contributed by atoms with Gasteiger partial charge in [0.1, 0.15) is 0 Å². The van der Waals surface area contributed by atoms with Crippen LogP contribution in [0.2, 0.25) is 0 Å². The third-order valence-electron chi connectivity index (χ3n) is 3.13. The van der Waals surface area contributed by atoms with Gasteiger partial charge in [-0.05, 0) is 37.7 Å². The van der Waals surface area contributed by atoms with E-state index >= 15 is 0 Å². The highest BCUT2D eigenvalue weighted by Gasteiger charge is 2.17. The van der Waals surface area contributed by atoms with Crippen LogP contribution in [0.5, 0.6) is 0 Å². The summed E-state index contributed by atoms with van der Waals surface area (Å²) in [6, 6.07) is 7.85. The largest absolute Gasteiger partial charge is 0.378 e. The zero-order valence-electron chi connectivity index (χ0n) is 10.1. The van der Waals surface area contributed by atoms with Gasteiger partial charge in [0.2, 0.25) is 0 Å². The molecule has 0 amide bonds. The highest BCUT2D eigenvalue weighted by Crippen LogP contribution is 2.19. The molecule has 2 rings (SSSR count). The maximum absolute atomic E-state index is 11.9. The van der Waals surface area contributed by atoms with Crippen molar-refractivity contribution >= 4 is 17.5 Å². The van der Waals surface area contributed by atoms with Crippen LogP contribution < -0.4 is 0 Å². The third-order valence-corrected chi connectivity index (χ3v) is 3.87. The topological polar surface area (TPSA) is 26.3 Å². The highest BCUT2D eigenvalue weighted by atomic mass is 32.2. The number of carbonyl (C=O) groups is 1. The quantitative estimate of drug-likeness (QED) is 0.590. The molecular formula is C14H18O2S. The van der Waals surface area contributed by atoms with Gasteiger partial charge in [0.25, 0.3) is 0 Å². The molecule has 0 bridgehead atoms.